The van der Waals surface area contributed by atoms with Crippen LogP contribution in [0.1, 0.15) is 11.1 Å². The molecule has 7 nitrogen and oxygen atoms in total. The zero-order valence-corrected chi connectivity index (χ0v) is 17.8. The molecule has 168 valence electrons. The highest BCUT2D eigenvalue weighted by Gasteiger charge is 2.17. The number of nitrogen functional groups attached to an aromatic ring is 1. The number of ether oxygens (including phenoxy) is 2. The molecule has 0 saturated heterocycles. The number of rotatable bonds is 11. The van der Waals surface area contributed by atoms with Crippen molar-refractivity contribution in [2.75, 3.05) is 25.4 Å². The lowest BCUT2D eigenvalue weighted by atomic mass is 10.1. The van der Waals surface area contributed by atoms with Crippen LogP contribution in [0.2, 0.25) is 0 Å². The van der Waals surface area contributed by atoms with E-state index in [0.717, 1.165) is 11.1 Å². The Morgan fingerprint density at radius 1 is 0.906 bits per heavy atom. The normalized spacial score (nSPS) is 11.5. The molecule has 0 radical (unpaired) electrons. The fourth-order valence-corrected chi connectivity index (χ4v) is 3.11. The van der Waals surface area contributed by atoms with Crippen LogP contribution in [0.4, 0.5) is 10.5 Å². The van der Waals surface area contributed by atoms with Crippen LogP contribution in [0.3, 0.4) is 0 Å². The number of carboxylic acid groups (broad SMARTS) is 1. The van der Waals surface area contributed by atoms with Gasteiger partial charge in [-0.2, -0.15) is 0 Å². The number of hydrogen-bond acceptors (Lipinski definition) is 5. The summed E-state index contributed by atoms with van der Waals surface area (Å²) in [5, 5.41) is 19.8. The van der Waals surface area contributed by atoms with E-state index in [2.05, 4.69) is 0 Å². The first kappa shape index (κ1) is 23.0. The molecule has 3 rings (SSSR count). The quantitative estimate of drug-likeness (QED) is 0.395. The van der Waals surface area contributed by atoms with Gasteiger partial charge in [-0.15, -0.1) is 0 Å². The van der Waals surface area contributed by atoms with Crippen LogP contribution >= 0.6 is 0 Å². The molecule has 3 aromatic carbocycles. The molecule has 0 aromatic heterocycles. The number of aliphatic hydroxyl groups is 1. The number of benzene rings is 3. The summed E-state index contributed by atoms with van der Waals surface area (Å²) in [5.74, 6) is 1.19. The Hall–Kier alpha value is -3.71. The first-order valence-electron chi connectivity index (χ1n) is 10.4. The third kappa shape index (κ3) is 7.52. The fraction of sp³-hybridized carbons (Fsp3) is 0.240. The molecule has 0 unspecified atom stereocenters. The minimum atomic E-state index is -1.09. The van der Waals surface area contributed by atoms with Crippen molar-refractivity contribution < 1.29 is 24.5 Å². The summed E-state index contributed by atoms with van der Waals surface area (Å²) in [4.78, 5) is 12.7. The van der Waals surface area contributed by atoms with Gasteiger partial charge < -0.3 is 30.3 Å². The summed E-state index contributed by atoms with van der Waals surface area (Å²) < 4.78 is 11.4. The van der Waals surface area contributed by atoms with Gasteiger partial charge >= 0.3 is 6.09 Å². The van der Waals surface area contributed by atoms with Crippen LogP contribution in [-0.4, -0.2) is 47.0 Å². The van der Waals surface area contributed by atoms with Crippen LogP contribution < -0.4 is 15.2 Å². The second-order valence-corrected chi connectivity index (χ2v) is 7.43. The van der Waals surface area contributed by atoms with E-state index in [4.69, 9.17) is 15.2 Å². The maximum absolute atomic E-state index is 11.6. The molecule has 7 heteroatoms. The second kappa shape index (κ2) is 11.6. The average Bonchev–Trinajstić information content (AvgIpc) is 2.81. The molecule has 1 amide bonds. The molecule has 32 heavy (non-hydrogen) atoms. The van der Waals surface area contributed by atoms with E-state index in [1.807, 2.05) is 48.5 Å². The molecule has 0 fully saturated rings. The third-order valence-electron chi connectivity index (χ3n) is 4.85. The molecule has 3 aromatic rings. The predicted octanol–water partition coefficient (Wildman–Crippen LogP) is 3.81. The van der Waals surface area contributed by atoms with Crippen LogP contribution in [0.15, 0.2) is 78.9 Å². The van der Waals surface area contributed by atoms with Gasteiger partial charge in [0.25, 0.3) is 0 Å². The molecule has 0 heterocycles. The summed E-state index contributed by atoms with van der Waals surface area (Å²) in [7, 11) is 0. The van der Waals surface area contributed by atoms with Gasteiger partial charge in [-0.3, -0.25) is 0 Å². The molecule has 0 aliphatic rings. The maximum Gasteiger partial charge on any atom is 0.407 e. The molecule has 0 spiro atoms. The summed E-state index contributed by atoms with van der Waals surface area (Å²) >= 11 is 0. The Kier molecular flexibility index (Phi) is 8.34. The highest BCUT2D eigenvalue weighted by Crippen LogP contribution is 2.20. The molecule has 4 N–H and O–H groups in total. The van der Waals surface area contributed by atoms with Gasteiger partial charge in [-0.25, -0.2) is 4.79 Å². The average molecular weight is 437 g/mol. The Balaban J connectivity index is 1.46. The smallest absolute Gasteiger partial charge is 0.407 e. The number of nitrogens with two attached hydrogens (primary N) is 1. The van der Waals surface area contributed by atoms with Crippen molar-refractivity contribution in [2.24, 2.45) is 0 Å². The molecule has 0 aliphatic carbocycles. The van der Waals surface area contributed by atoms with Gasteiger partial charge in [0.05, 0.1) is 6.54 Å². The van der Waals surface area contributed by atoms with Crippen molar-refractivity contribution in [2.45, 2.75) is 19.1 Å². The maximum atomic E-state index is 11.6. The van der Waals surface area contributed by atoms with Crippen molar-refractivity contribution >= 4 is 11.8 Å². The second-order valence-electron chi connectivity index (χ2n) is 7.43. The van der Waals surface area contributed by atoms with Crippen LogP contribution in [0, 0.1) is 0 Å². The Labute approximate surface area is 187 Å². The molecular formula is C25H28N2O5. The number of carbonyl (C=O) groups is 1. The molecule has 0 saturated carbocycles. The minimum absolute atomic E-state index is 0.0339. The lowest BCUT2D eigenvalue weighted by Gasteiger charge is -2.22. The summed E-state index contributed by atoms with van der Waals surface area (Å²) in [5.41, 5.74) is 8.36. The van der Waals surface area contributed by atoms with Crippen molar-refractivity contribution in [1.82, 2.24) is 4.90 Å². The van der Waals surface area contributed by atoms with Gasteiger partial charge in [-0.05, 0) is 41.8 Å². The van der Waals surface area contributed by atoms with E-state index < -0.39 is 12.2 Å². The monoisotopic (exact) mass is 436 g/mol. The third-order valence-corrected chi connectivity index (χ3v) is 4.85. The molecule has 0 aliphatic heterocycles. The van der Waals surface area contributed by atoms with Crippen molar-refractivity contribution in [3.63, 3.8) is 0 Å². The van der Waals surface area contributed by atoms with E-state index in [0.29, 0.717) is 30.2 Å². The lowest BCUT2D eigenvalue weighted by molar-refractivity contribution is 0.0654. The molecular weight excluding hydrogens is 408 g/mol. The van der Waals surface area contributed by atoms with E-state index in [-0.39, 0.29) is 19.7 Å². The van der Waals surface area contributed by atoms with Crippen molar-refractivity contribution in [3.8, 4) is 11.5 Å². The Morgan fingerprint density at radius 3 is 2.28 bits per heavy atom. The summed E-state index contributed by atoms with van der Waals surface area (Å²) in [6, 6.07) is 24.2. The van der Waals surface area contributed by atoms with Crippen LogP contribution in [0.25, 0.3) is 0 Å². The highest BCUT2D eigenvalue weighted by atomic mass is 16.5. The minimum Gasteiger partial charge on any atom is -0.491 e. The number of aliphatic hydroxyl groups excluding tert-OH is 1. The zero-order valence-electron chi connectivity index (χ0n) is 17.8. The fourth-order valence-electron chi connectivity index (χ4n) is 3.11. The van der Waals surface area contributed by atoms with E-state index >= 15 is 0 Å². The first-order valence-corrected chi connectivity index (χ1v) is 10.4. The summed E-state index contributed by atoms with van der Waals surface area (Å²) in [6.45, 7) is 0.621. The largest absolute Gasteiger partial charge is 0.491 e. The van der Waals surface area contributed by atoms with E-state index in [1.165, 1.54) is 4.90 Å². The number of anilines is 1. The zero-order chi connectivity index (χ0) is 22.8. The lowest BCUT2D eigenvalue weighted by Crippen LogP contribution is -2.40. The SMILES string of the molecule is Nc1ccc(CCN(C[C@H](O)COc2cccc(OCc3ccccc3)c2)C(=O)O)cc1. The molecule has 0 bridgehead atoms. The predicted molar refractivity (Wildman–Crippen MR) is 123 cm³/mol. The summed E-state index contributed by atoms with van der Waals surface area (Å²) in [6.07, 6.45) is -1.52. The standard InChI is InChI=1S/C25H28N2O5/c26-21-11-9-19(10-12-21)13-14-27(25(29)30)16-22(28)18-32-24-8-4-7-23(15-24)31-17-20-5-2-1-3-6-20/h1-12,15,22,28H,13-14,16-18,26H2,(H,29,30)/t22-/m0/s1. The van der Waals surface area contributed by atoms with Crippen molar-refractivity contribution in [1.29, 1.82) is 0 Å². The number of amides is 1. The van der Waals surface area contributed by atoms with Gasteiger partial charge in [0.15, 0.2) is 0 Å². The Bertz CT molecular complexity index is 979. The van der Waals surface area contributed by atoms with Crippen molar-refractivity contribution in [3.05, 3.63) is 90.0 Å². The highest BCUT2D eigenvalue weighted by molar-refractivity contribution is 5.65. The number of hydrogen-bond donors (Lipinski definition) is 3. The van der Waals surface area contributed by atoms with Gasteiger partial charge in [0.2, 0.25) is 0 Å². The number of nitrogens with zero attached hydrogens (tertiary/aromatic N) is 1. The van der Waals surface area contributed by atoms with Gasteiger partial charge in [0.1, 0.15) is 30.8 Å². The van der Waals surface area contributed by atoms with E-state index in [9.17, 15) is 15.0 Å². The van der Waals surface area contributed by atoms with Crippen LogP contribution in [-0.2, 0) is 13.0 Å². The Morgan fingerprint density at radius 2 is 1.59 bits per heavy atom. The van der Waals surface area contributed by atoms with Crippen LogP contribution in [0.5, 0.6) is 11.5 Å². The first-order chi connectivity index (χ1) is 15.5. The topological polar surface area (TPSA) is 105 Å². The molecule has 1 atom stereocenters. The van der Waals surface area contributed by atoms with Gasteiger partial charge in [0, 0.05) is 18.3 Å². The van der Waals surface area contributed by atoms with E-state index in [1.54, 1.807) is 30.3 Å². The van der Waals surface area contributed by atoms with Gasteiger partial charge in [-0.1, -0.05) is 48.5 Å².